The van der Waals surface area contributed by atoms with Crippen LogP contribution in [0.2, 0.25) is 0 Å². The molecule has 2 unspecified atom stereocenters. The summed E-state index contributed by atoms with van der Waals surface area (Å²) in [4.78, 5) is 1.39. The summed E-state index contributed by atoms with van der Waals surface area (Å²) in [5.74, 6) is 1.52. The summed E-state index contributed by atoms with van der Waals surface area (Å²) in [5.41, 5.74) is 1.32. The molecular formula is C17H20BrNOS. The highest BCUT2D eigenvalue weighted by molar-refractivity contribution is 9.10. The van der Waals surface area contributed by atoms with Gasteiger partial charge in [0.1, 0.15) is 5.75 Å². The van der Waals surface area contributed by atoms with Crippen LogP contribution in [0.4, 0.5) is 0 Å². The fourth-order valence-corrected chi connectivity index (χ4v) is 4.65. The molecule has 1 aliphatic rings. The zero-order valence-electron chi connectivity index (χ0n) is 12.1. The highest BCUT2D eigenvalue weighted by atomic mass is 79.9. The molecule has 2 atom stereocenters. The molecule has 1 aromatic heterocycles. The Morgan fingerprint density at radius 2 is 2.24 bits per heavy atom. The molecule has 1 aromatic carbocycles. The summed E-state index contributed by atoms with van der Waals surface area (Å²) in [6, 6.07) is 10.9. The quantitative estimate of drug-likeness (QED) is 0.821. The zero-order valence-corrected chi connectivity index (χ0v) is 14.5. The van der Waals surface area contributed by atoms with E-state index in [1.165, 1.54) is 14.9 Å². The van der Waals surface area contributed by atoms with E-state index in [9.17, 15) is 0 Å². The van der Waals surface area contributed by atoms with Crippen molar-refractivity contribution in [2.45, 2.75) is 25.8 Å². The number of thiophene rings is 1. The van der Waals surface area contributed by atoms with E-state index in [2.05, 4.69) is 57.8 Å². The lowest BCUT2D eigenvalue weighted by atomic mass is 9.89. The van der Waals surface area contributed by atoms with Crippen LogP contribution in [0.5, 0.6) is 5.75 Å². The second-order valence-electron chi connectivity index (χ2n) is 5.45. The fourth-order valence-electron chi connectivity index (χ4n) is 2.87. The summed E-state index contributed by atoms with van der Waals surface area (Å²) in [6.07, 6.45) is 2.21. The molecule has 112 valence electrons. The normalized spacial score (nSPS) is 18.9. The second-order valence-corrected chi connectivity index (χ2v) is 7.25. The summed E-state index contributed by atoms with van der Waals surface area (Å²) >= 11 is 5.50. The summed E-state index contributed by atoms with van der Waals surface area (Å²) in [5, 5.41) is 5.86. The molecule has 0 fully saturated rings. The average Bonchev–Trinajstić information content (AvgIpc) is 2.94. The molecular weight excluding hydrogens is 346 g/mol. The van der Waals surface area contributed by atoms with Gasteiger partial charge < -0.3 is 10.1 Å². The molecule has 0 saturated carbocycles. The predicted molar refractivity (Wildman–Crippen MR) is 92.2 cm³/mol. The maximum absolute atomic E-state index is 5.98. The van der Waals surface area contributed by atoms with Gasteiger partial charge in [0.25, 0.3) is 0 Å². The SMILES string of the molecule is CCCNC(c1sccc1Br)C1COc2ccccc2C1. The molecule has 3 rings (SSSR count). The number of rotatable bonds is 5. The molecule has 0 bridgehead atoms. The third-order valence-corrected chi connectivity index (χ3v) is 5.87. The van der Waals surface area contributed by atoms with E-state index < -0.39 is 0 Å². The Labute approximate surface area is 138 Å². The maximum atomic E-state index is 5.98. The third kappa shape index (κ3) is 3.33. The molecule has 0 amide bonds. The predicted octanol–water partition coefficient (Wildman–Crippen LogP) is 4.80. The Hall–Kier alpha value is -0.840. The highest BCUT2D eigenvalue weighted by Gasteiger charge is 2.30. The van der Waals surface area contributed by atoms with Crippen LogP contribution in [0, 0.1) is 5.92 Å². The van der Waals surface area contributed by atoms with Crippen molar-refractivity contribution in [3.63, 3.8) is 0 Å². The first kappa shape index (κ1) is 15.1. The number of hydrogen-bond acceptors (Lipinski definition) is 3. The summed E-state index contributed by atoms with van der Waals surface area (Å²) < 4.78 is 7.19. The fraction of sp³-hybridized carbons (Fsp3) is 0.412. The molecule has 0 radical (unpaired) electrons. The highest BCUT2D eigenvalue weighted by Crippen LogP contribution is 2.38. The van der Waals surface area contributed by atoms with Gasteiger partial charge in [-0.3, -0.25) is 0 Å². The van der Waals surface area contributed by atoms with Gasteiger partial charge in [-0.2, -0.15) is 0 Å². The van der Waals surface area contributed by atoms with E-state index in [1.807, 2.05) is 17.4 Å². The van der Waals surface area contributed by atoms with E-state index in [0.29, 0.717) is 12.0 Å². The van der Waals surface area contributed by atoms with Gasteiger partial charge in [-0.1, -0.05) is 25.1 Å². The number of fused-ring (bicyclic) bond motifs is 1. The minimum atomic E-state index is 0.354. The van der Waals surface area contributed by atoms with Gasteiger partial charge in [-0.25, -0.2) is 0 Å². The number of benzene rings is 1. The second kappa shape index (κ2) is 6.95. The monoisotopic (exact) mass is 365 g/mol. The number of hydrogen-bond donors (Lipinski definition) is 1. The van der Waals surface area contributed by atoms with Gasteiger partial charge in [0.2, 0.25) is 0 Å². The van der Waals surface area contributed by atoms with Crippen molar-refractivity contribution in [3.8, 4) is 5.75 Å². The first-order valence-electron chi connectivity index (χ1n) is 7.46. The summed E-state index contributed by atoms with van der Waals surface area (Å²) in [6.45, 7) is 4.02. The van der Waals surface area contributed by atoms with Crippen molar-refractivity contribution in [1.82, 2.24) is 5.32 Å². The van der Waals surface area contributed by atoms with Gasteiger partial charge in [0.15, 0.2) is 0 Å². The molecule has 0 aliphatic carbocycles. The van der Waals surface area contributed by atoms with Crippen LogP contribution >= 0.6 is 27.3 Å². The Bertz CT molecular complexity index is 598. The Morgan fingerprint density at radius 3 is 3.00 bits per heavy atom. The Kier molecular flexibility index (Phi) is 4.99. The van der Waals surface area contributed by atoms with E-state index in [1.54, 1.807) is 0 Å². The van der Waals surface area contributed by atoms with Crippen LogP contribution < -0.4 is 10.1 Å². The molecule has 4 heteroatoms. The van der Waals surface area contributed by atoms with Crippen molar-refractivity contribution in [1.29, 1.82) is 0 Å². The minimum absolute atomic E-state index is 0.354. The topological polar surface area (TPSA) is 21.3 Å². The van der Waals surface area contributed by atoms with Crippen LogP contribution in [0.1, 0.15) is 29.8 Å². The van der Waals surface area contributed by atoms with Crippen molar-refractivity contribution in [2.75, 3.05) is 13.2 Å². The van der Waals surface area contributed by atoms with Crippen LogP contribution in [0.25, 0.3) is 0 Å². The van der Waals surface area contributed by atoms with Crippen molar-refractivity contribution < 1.29 is 4.74 Å². The smallest absolute Gasteiger partial charge is 0.122 e. The molecule has 2 nitrogen and oxygen atoms in total. The number of ether oxygens (including phenoxy) is 1. The zero-order chi connectivity index (χ0) is 14.7. The number of nitrogens with one attached hydrogen (secondary N) is 1. The van der Waals surface area contributed by atoms with Gasteiger partial charge in [0.05, 0.1) is 6.61 Å². The van der Waals surface area contributed by atoms with E-state index in [0.717, 1.165) is 31.7 Å². The van der Waals surface area contributed by atoms with Crippen molar-refractivity contribution in [2.24, 2.45) is 5.92 Å². The van der Waals surface area contributed by atoms with E-state index in [4.69, 9.17) is 4.74 Å². The average molecular weight is 366 g/mol. The number of halogens is 1. The minimum Gasteiger partial charge on any atom is -0.493 e. The Morgan fingerprint density at radius 1 is 1.38 bits per heavy atom. The molecule has 2 aromatic rings. The van der Waals surface area contributed by atoms with Crippen molar-refractivity contribution >= 4 is 27.3 Å². The first-order chi connectivity index (χ1) is 10.3. The van der Waals surface area contributed by atoms with Gasteiger partial charge in [-0.15, -0.1) is 11.3 Å². The standard InChI is InChI=1S/C17H20BrNOS/c1-2-8-19-16(17-14(18)7-9-21-17)13-10-12-5-3-4-6-15(12)20-11-13/h3-7,9,13,16,19H,2,8,10-11H2,1H3. The number of para-hydroxylation sites is 1. The maximum Gasteiger partial charge on any atom is 0.122 e. The lowest BCUT2D eigenvalue weighted by Gasteiger charge is -2.32. The van der Waals surface area contributed by atoms with Crippen LogP contribution in [-0.2, 0) is 6.42 Å². The Balaban J connectivity index is 1.83. The van der Waals surface area contributed by atoms with Crippen LogP contribution in [-0.4, -0.2) is 13.2 Å². The summed E-state index contributed by atoms with van der Waals surface area (Å²) in [7, 11) is 0. The molecule has 2 heterocycles. The van der Waals surface area contributed by atoms with E-state index >= 15 is 0 Å². The molecule has 1 aliphatic heterocycles. The molecule has 1 N–H and O–H groups in total. The van der Waals surface area contributed by atoms with Gasteiger partial charge in [0, 0.05) is 21.3 Å². The molecule has 0 spiro atoms. The van der Waals surface area contributed by atoms with Crippen molar-refractivity contribution in [3.05, 3.63) is 50.6 Å². The lowest BCUT2D eigenvalue weighted by molar-refractivity contribution is 0.185. The van der Waals surface area contributed by atoms with Gasteiger partial charge in [-0.05, 0) is 58.4 Å². The largest absolute Gasteiger partial charge is 0.493 e. The molecule has 21 heavy (non-hydrogen) atoms. The van der Waals surface area contributed by atoms with Crippen LogP contribution in [0.15, 0.2) is 40.2 Å². The third-order valence-electron chi connectivity index (χ3n) is 3.92. The van der Waals surface area contributed by atoms with Gasteiger partial charge >= 0.3 is 0 Å². The lowest BCUT2D eigenvalue weighted by Crippen LogP contribution is -2.35. The van der Waals surface area contributed by atoms with Crippen LogP contribution in [0.3, 0.4) is 0 Å². The van der Waals surface area contributed by atoms with E-state index in [-0.39, 0.29) is 0 Å². The molecule has 0 saturated heterocycles. The first-order valence-corrected chi connectivity index (χ1v) is 9.14.